The van der Waals surface area contributed by atoms with Gasteiger partial charge in [-0.05, 0) is 37.9 Å². The van der Waals surface area contributed by atoms with Crippen LogP contribution in [0.25, 0.3) is 0 Å². The third kappa shape index (κ3) is 7.92. The van der Waals surface area contributed by atoms with Crippen LogP contribution in [-0.4, -0.2) is 55.0 Å². The van der Waals surface area contributed by atoms with E-state index >= 15 is 0 Å². The van der Waals surface area contributed by atoms with Crippen molar-refractivity contribution >= 4 is 24.8 Å². The van der Waals surface area contributed by atoms with E-state index in [-0.39, 0.29) is 19.0 Å². The molecule has 180 valence electrons. The second-order valence-electron chi connectivity index (χ2n) is 10.5. The predicted molar refractivity (Wildman–Crippen MR) is 133 cm³/mol. The molecule has 2 unspecified atom stereocenters. The maximum Gasteiger partial charge on any atom is 0.310 e. The van der Waals surface area contributed by atoms with Gasteiger partial charge in [0.2, 0.25) is 0 Å². The van der Waals surface area contributed by atoms with Gasteiger partial charge in [0, 0.05) is 19.4 Å². The molecule has 1 heterocycles. The van der Waals surface area contributed by atoms with Crippen LogP contribution in [0.5, 0.6) is 0 Å². The molecule has 0 spiro atoms. The standard InChI is InChI=1S/C24H39NO5SSi/c1-8-13-29-21(26)16-19-9-11-20(12-10-19)24(17-28-18-24)25-22(31(27)23(2,3)4)30-14-15-32(5,6)7/h8-12,22,25H,1,13-18H2,2-7H3. The van der Waals surface area contributed by atoms with Crippen molar-refractivity contribution in [3.05, 3.63) is 48.0 Å². The molecule has 0 aromatic heterocycles. The lowest BCUT2D eigenvalue weighted by Gasteiger charge is -2.45. The van der Waals surface area contributed by atoms with E-state index in [9.17, 15) is 9.00 Å². The second-order valence-corrected chi connectivity index (χ2v) is 18.4. The van der Waals surface area contributed by atoms with Gasteiger partial charge < -0.3 is 14.2 Å². The Morgan fingerprint density at radius 3 is 2.38 bits per heavy atom. The summed E-state index contributed by atoms with van der Waals surface area (Å²) in [4.78, 5) is 11.9. The van der Waals surface area contributed by atoms with Crippen molar-refractivity contribution < 1.29 is 23.2 Å². The van der Waals surface area contributed by atoms with Crippen LogP contribution >= 0.6 is 0 Å². The molecule has 1 N–H and O–H groups in total. The first-order valence-electron chi connectivity index (χ1n) is 11.1. The number of nitrogens with one attached hydrogen (secondary N) is 1. The maximum atomic E-state index is 13.3. The van der Waals surface area contributed by atoms with Crippen molar-refractivity contribution in [2.24, 2.45) is 0 Å². The molecule has 1 aliphatic rings. The van der Waals surface area contributed by atoms with Crippen molar-refractivity contribution in [3.63, 3.8) is 0 Å². The van der Waals surface area contributed by atoms with Crippen LogP contribution in [0.3, 0.4) is 0 Å². The topological polar surface area (TPSA) is 73.9 Å². The number of carbonyl (C=O) groups is 1. The van der Waals surface area contributed by atoms with Crippen LogP contribution in [0.2, 0.25) is 25.7 Å². The lowest BCUT2D eigenvalue weighted by molar-refractivity contribution is -0.141. The highest BCUT2D eigenvalue weighted by atomic mass is 32.2. The van der Waals surface area contributed by atoms with Crippen LogP contribution in [0.4, 0.5) is 0 Å². The summed E-state index contributed by atoms with van der Waals surface area (Å²) in [5.74, 6) is -0.283. The molecule has 1 aromatic rings. The zero-order valence-electron chi connectivity index (χ0n) is 20.4. The highest BCUT2D eigenvalue weighted by molar-refractivity contribution is 7.86. The average Bonchev–Trinajstić information content (AvgIpc) is 2.66. The molecule has 2 rings (SSSR count). The van der Waals surface area contributed by atoms with Gasteiger partial charge in [-0.1, -0.05) is 56.6 Å². The molecule has 2 atom stereocenters. The Bertz CT molecular complexity index is 794. The summed E-state index contributed by atoms with van der Waals surface area (Å²) in [5, 5.41) is 3.53. The summed E-state index contributed by atoms with van der Waals surface area (Å²) in [7, 11) is -2.52. The number of carbonyl (C=O) groups excluding carboxylic acids is 1. The van der Waals surface area contributed by atoms with Crippen molar-refractivity contribution in [2.45, 2.75) is 68.7 Å². The molecule has 1 saturated heterocycles. The van der Waals surface area contributed by atoms with E-state index in [1.54, 1.807) is 6.08 Å². The highest BCUT2D eigenvalue weighted by Crippen LogP contribution is 2.32. The lowest BCUT2D eigenvalue weighted by Crippen LogP contribution is -2.62. The van der Waals surface area contributed by atoms with E-state index in [2.05, 4.69) is 31.5 Å². The minimum atomic E-state index is -1.27. The average molecular weight is 482 g/mol. The molecule has 1 aliphatic heterocycles. The number of hydrogen-bond donors (Lipinski definition) is 1. The van der Waals surface area contributed by atoms with E-state index in [0.717, 1.165) is 17.2 Å². The minimum absolute atomic E-state index is 0.210. The zero-order chi connectivity index (χ0) is 24.0. The van der Waals surface area contributed by atoms with Crippen molar-refractivity contribution in [3.8, 4) is 0 Å². The van der Waals surface area contributed by atoms with Crippen molar-refractivity contribution in [1.82, 2.24) is 5.32 Å². The van der Waals surface area contributed by atoms with Crippen LogP contribution in [0.1, 0.15) is 31.9 Å². The highest BCUT2D eigenvalue weighted by Gasteiger charge is 2.44. The number of esters is 1. The molecule has 1 fully saturated rings. The normalized spacial score (nSPS) is 17.8. The van der Waals surface area contributed by atoms with Gasteiger partial charge in [-0.2, -0.15) is 0 Å². The number of rotatable bonds is 12. The fourth-order valence-electron chi connectivity index (χ4n) is 3.13. The Kier molecular flexibility index (Phi) is 9.43. The van der Waals surface area contributed by atoms with Crippen molar-refractivity contribution in [1.29, 1.82) is 0 Å². The third-order valence-corrected chi connectivity index (χ3v) is 8.78. The number of ether oxygens (including phenoxy) is 3. The monoisotopic (exact) mass is 481 g/mol. The maximum absolute atomic E-state index is 13.3. The Balaban J connectivity index is 2.14. The number of hydrogen-bond acceptors (Lipinski definition) is 6. The summed E-state index contributed by atoms with van der Waals surface area (Å²) in [5.41, 5.74) is 0.840. The molecule has 0 amide bonds. The van der Waals surface area contributed by atoms with Gasteiger partial charge in [-0.15, -0.1) is 0 Å². The van der Waals surface area contributed by atoms with E-state index in [1.807, 2.05) is 45.0 Å². The summed E-state index contributed by atoms with van der Waals surface area (Å²) >= 11 is 0. The first kappa shape index (κ1) is 26.9. The summed E-state index contributed by atoms with van der Waals surface area (Å²) in [6, 6.07) is 8.84. The third-order valence-electron chi connectivity index (χ3n) is 5.23. The molecule has 0 saturated carbocycles. The summed E-state index contributed by atoms with van der Waals surface area (Å²) < 4.78 is 29.6. The van der Waals surface area contributed by atoms with Gasteiger partial charge in [0.15, 0.2) is 5.56 Å². The molecule has 0 aliphatic carbocycles. The van der Waals surface area contributed by atoms with Crippen LogP contribution in [-0.2, 0) is 41.8 Å². The van der Waals surface area contributed by atoms with E-state index in [1.165, 1.54) is 0 Å². The Morgan fingerprint density at radius 1 is 1.28 bits per heavy atom. The predicted octanol–water partition coefficient (Wildman–Crippen LogP) is 3.96. The first-order chi connectivity index (χ1) is 14.9. The molecule has 8 heteroatoms. The summed E-state index contributed by atoms with van der Waals surface area (Å²) in [6.45, 7) is 18.1. The lowest BCUT2D eigenvalue weighted by atomic mass is 9.87. The van der Waals surface area contributed by atoms with Gasteiger partial charge >= 0.3 is 5.97 Å². The van der Waals surface area contributed by atoms with Crippen molar-refractivity contribution in [2.75, 3.05) is 26.4 Å². The molecule has 1 aromatic carbocycles. The quantitative estimate of drug-likeness (QED) is 0.211. The fourth-order valence-corrected chi connectivity index (χ4v) is 5.05. The molecule has 32 heavy (non-hydrogen) atoms. The molecule has 0 bridgehead atoms. The number of benzene rings is 1. The van der Waals surface area contributed by atoms with E-state index in [4.69, 9.17) is 14.2 Å². The smallest absolute Gasteiger partial charge is 0.310 e. The second kappa shape index (κ2) is 11.2. The largest absolute Gasteiger partial charge is 0.461 e. The molecule has 0 radical (unpaired) electrons. The SMILES string of the molecule is C=CCOC(=O)Cc1ccc(C2(NC(OCC[Si](C)(C)C)S(=O)C(C)(C)C)COC2)cc1. The summed E-state index contributed by atoms with van der Waals surface area (Å²) in [6.07, 6.45) is 1.76. The first-order valence-corrected chi connectivity index (χ1v) is 16.0. The molecular formula is C24H39NO5SSi. The molecular weight excluding hydrogens is 442 g/mol. The van der Waals surface area contributed by atoms with Crippen LogP contribution in [0.15, 0.2) is 36.9 Å². The fraction of sp³-hybridized carbons (Fsp3) is 0.625. The van der Waals surface area contributed by atoms with E-state index in [0.29, 0.717) is 19.8 Å². The Hall–Kier alpha value is -1.32. The molecule has 6 nitrogen and oxygen atoms in total. The van der Waals surface area contributed by atoms with Crippen LogP contribution < -0.4 is 5.32 Å². The van der Waals surface area contributed by atoms with Crippen LogP contribution in [0, 0.1) is 0 Å². The van der Waals surface area contributed by atoms with Gasteiger partial charge in [0.1, 0.15) is 6.61 Å². The minimum Gasteiger partial charge on any atom is -0.461 e. The van der Waals surface area contributed by atoms with Gasteiger partial charge in [0.05, 0.1) is 36.0 Å². The zero-order valence-corrected chi connectivity index (χ0v) is 22.2. The van der Waals surface area contributed by atoms with Gasteiger partial charge in [-0.3, -0.25) is 14.3 Å². The Morgan fingerprint density at radius 2 is 1.91 bits per heavy atom. The van der Waals surface area contributed by atoms with Gasteiger partial charge in [0.25, 0.3) is 0 Å². The van der Waals surface area contributed by atoms with E-state index < -0.39 is 34.7 Å². The Labute approximate surface area is 196 Å². The van der Waals surface area contributed by atoms with Gasteiger partial charge in [-0.25, -0.2) is 0 Å².